The molecule has 20 heavy (non-hydrogen) atoms. The lowest BCUT2D eigenvalue weighted by Gasteiger charge is -2.13. The third kappa shape index (κ3) is 5.30. The van der Waals surface area contributed by atoms with E-state index in [9.17, 15) is 9.59 Å². The Morgan fingerprint density at radius 1 is 1.40 bits per heavy atom. The summed E-state index contributed by atoms with van der Waals surface area (Å²) in [4.78, 5) is 23.1. The van der Waals surface area contributed by atoms with Gasteiger partial charge in [-0.1, -0.05) is 12.1 Å². The number of nitrogen functional groups attached to an aromatic ring is 1. The number of hydrogen-bond donors (Lipinski definition) is 2. The molecule has 0 aliphatic carbocycles. The molecule has 0 bridgehead atoms. The Kier molecular flexibility index (Phi) is 6.56. The van der Waals surface area contributed by atoms with Crippen LogP contribution < -0.4 is 11.1 Å². The maximum Gasteiger partial charge on any atom is 0.305 e. The normalized spacial score (nSPS) is 11.7. The van der Waals surface area contributed by atoms with Gasteiger partial charge in [0.2, 0.25) is 5.91 Å². The zero-order chi connectivity index (χ0) is 15.0. The van der Waals surface area contributed by atoms with Gasteiger partial charge in [-0.05, 0) is 38.0 Å². The van der Waals surface area contributed by atoms with E-state index in [0.717, 1.165) is 5.56 Å². The highest BCUT2D eigenvalue weighted by atomic mass is 16.5. The molecule has 0 saturated carbocycles. The minimum absolute atomic E-state index is 0.0699. The third-order valence-corrected chi connectivity index (χ3v) is 2.97. The molecule has 0 aliphatic heterocycles. The second-order valence-corrected chi connectivity index (χ2v) is 4.59. The number of nitrogens with one attached hydrogen (secondary N) is 1. The van der Waals surface area contributed by atoms with Crippen LogP contribution in [0.5, 0.6) is 0 Å². The van der Waals surface area contributed by atoms with E-state index in [4.69, 9.17) is 10.5 Å². The van der Waals surface area contributed by atoms with Crippen molar-refractivity contribution in [2.45, 2.75) is 32.6 Å². The summed E-state index contributed by atoms with van der Waals surface area (Å²) in [5.74, 6) is -0.564. The average molecular weight is 278 g/mol. The molecular formula is C15H22N2O3. The Balaban J connectivity index is 2.34. The molecule has 0 fully saturated rings. The minimum atomic E-state index is -0.263. The van der Waals surface area contributed by atoms with Crippen LogP contribution in [-0.4, -0.2) is 25.0 Å². The maximum atomic E-state index is 12.0. The van der Waals surface area contributed by atoms with E-state index < -0.39 is 0 Å². The maximum absolute atomic E-state index is 12.0. The zero-order valence-electron chi connectivity index (χ0n) is 12.0. The highest BCUT2D eigenvalue weighted by Gasteiger charge is 2.14. The summed E-state index contributed by atoms with van der Waals surface area (Å²) in [7, 11) is 0. The lowest BCUT2D eigenvalue weighted by molar-refractivity contribution is -0.143. The molecule has 1 amide bonds. The van der Waals surface area contributed by atoms with Crippen LogP contribution in [0.2, 0.25) is 0 Å². The molecule has 1 aromatic rings. The topological polar surface area (TPSA) is 81.4 Å². The number of nitrogens with two attached hydrogens (primary N) is 1. The molecule has 0 radical (unpaired) electrons. The van der Waals surface area contributed by atoms with Gasteiger partial charge in [-0.15, -0.1) is 0 Å². The Bertz CT molecular complexity index is 460. The summed E-state index contributed by atoms with van der Waals surface area (Å²) >= 11 is 0. The van der Waals surface area contributed by atoms with E-state index in [1.165, 1.54) is 0 Å². The number of benzene rings is 1. The van der Waals surface area contributed by atoms with Crippen molar-refractivity contribution in [1.29, 1.82) is 0 Å². The number of anilines is 1. The number of carbonyl (C=O) groups excluding carboxylic acids is 2. The fourth-order valence-electron chi connectivity index (χ4n) is 1.81. The van der Waals surface area contributed by atoms with Gasteiger partial charge in [-0.25, -0.2) is 0 Å². The molecule has 1 rings (SSSR count). The van der Waals surface area contributed by atoms with Crippen LogP contribution in [-0.2, 0) is 14.3 Å². The summed E-state index contributed by atoms with van der Waals surface area (Å²) in [5, 5.41) is 2.81. The lowest BCUT2D eigenvalue weighted by Crippen LogP contribution is -2.29. The van der Waals surface area contributed by atoms with E-state index in [1.807, 2.05) is 19.1 Å². The minimum Gasteiger partial charge on any atom is -0.466 e. The van der Waals surface area contributed by atoms with Gasteiger partial charge in [-0.2, -0.15) is 0 Å². The molecule has 3 N–H and O–H groups in total. The van der Waals surface area contributed by atoms with Crippen molar-refractivity contribution >= 4 is 17.6 Å². The van der Waals surface area contributed by atoms with Gasteiger partial charge in [-0.3, -0.25) is 9.59 Å². The largest absolute Gasteiger partial charge is 0.466 e. The third-order valence-electron chi connectivity index (χ3n) is 2.97. The molecule has 1 unspecified atom stereocenters. The van der Waals surface area contributed by atoms with Crippen LogP contribution in [0, 0.1) is 0 Å². The van der Waals surface area contributed by atoms with Crippen LogP contribution in [0.1, 0.15) is 38.2 Å². The van der Waals surface area contributed by atoms with Crippen molar-refractivity contribution in [3.05, 3.63) is 29.8 Å². The molecule has 1 atom stereocenters. The Hall–Kier alpha value is -2.04. The Labute approximate surface area is 119 Å². The molecule has 0 spiro atoms. The summed E-state index contributed by atoms with van der Waals surface area (Å²) in [6, 6.07) is 7.28. The molecule has 0 aliphatic rings. The summed E-state index contributed by atoms with van der Waals surface area (Å²) in [6.07, 6.45) is 0.898. The number of amides is 1. The van der Waals surface area contributed by atoms with Gasteiger partial charge >= 0.3 is 5.97 Å². The first-order valence-corrected chi connectivity index (χ1v) is 6.83. The van der Waals surface area contributed by atoms with E-state index in [-0.39, 0.29) is 17.8 Å². The molecule has 1 aromatic carbocycles. The van der Waals surface area contributed by atoms with Crippen molar-refractivity contribution in [2.75, 3.05) is 18.9 Å². The highest BCUT2D eigenvalue weighted by Crippen LogP contribution is 2.17. The SMILES string of the molecule is CCOC(=O)CCCNC(=O)C(C)c1cccc(N)c1. The molecule has 0 heterocycles. The van der Waals surface area contributed by atoms with Crippen molar-refractivity contribution in [3.8, 4) is 0 Å². The first-order valence-electron chi connectivity index (χ1n) is 6.83. The number of rotatable bonds is 7. The smallest absolute Gasteiger partial charge is 0.305 e. The van der Waals surface area contributed by atoms with Crippen molar-refractivity contribution < 1.29 is 14.3 Å². The monoisotopic (exact) mass is 278 g/mol. The molecule has 0 aromatic heterocycles. The van der Waals surface area contributed by atoms with Gasteiger partial charge < -0.3 is 15.8 Å². The number of hydrogen-bond acceptors (Lipinski definition) is 4. The summed E-state index contributed by atoms with van der Waals surface area (Å²) in [6.45, 7) is 4.45. The Morgan fingerprint density at radius 2 is 2.15 bits per heavy atom. The standard InChI is InChI=1S/C15H22N2O3/c1-3-20-14(18)8-5-9-17-15(19)11(2)12-6-4-7-13(16)10-12/h4,6-7,10-11H,3,5,8-9,16H2,1-2H3,(H,17,19). The molecule has 110 valence electrons. The quantitative estimate of drug-likeness (QED) is 0.453. The summed E-state index contributed by atoms with van der Waals surface area (Å²) in [5.41, 5.74) is 7.22. The fourth-order valence-corrected chi connectivity index (χ4v) is 1.81. The second-order valence-electron chi connectivity index (χ2n) is 4.59. The van der Waals surface area contributed by atoms with Gasteiger partial charge in [0, 0.05) is 18.7 Å². The van der Waals surface area contributed by atoms with E-state index in [0.29, 0.717) is 31.7 Å². The number of ether oxygens (including phenoxy) is 1. The Morgan fingerprint density at radius 3 is 2.80 bits per heavy atom. The first kappa shape index (κ1) is 16.0. The fraction of sp³-hybridized carbons (Fsp3) is 0.467. The van der Waals surface area contributed by atoms with E-state index >= 15 is 0 Å². The average Bonchev–Trinajstić information content (AvgIpc) is 2.43. The van der Waals surface area contributed by atoms with Crippen LogP contribution in [0.3, 0.4) is 0 Å². The lowest BCUT2D eigenvalue weighted by atomic mass is 10.00. The van der Waals surface area contributed by atoms with Crippen molar-refractivity contribution in [3.63, 3.8) is 0 Å². The molecule has 5 heteroatoms. The predicted octanol–water partition coefficient (Wildman–Crippen LogP) is 1.83. The van der Waals surface area contributed by atoms with Crippen LogP contribution in [0.4, 0.5) is 5.69 Å². The molecule has 0 saturated heterocycles. The highest BCUT2D eigenvalue weighted by molar-refractivity contribution is 5.83. The van der Waals surface area contributed by atoms with Gasteiger partial charge in [0.25, 0.3) is 0 Å². The van der Waals surface area contributed by atoms with Gasteiger partial charge in [0.15, 0.2) is 0 Å². The molecule has 5 nitrogen and oxygen atoms in total. The number of esters is 1. The predicted molar refractivity (Wildman–Crippen MR) is 78.1 cm³/mol. The zero-order valence-corrected chi connectivity index (χ0v) is 12.0. The van der Waals surface area contributed by atoms with Crippen LogP contribution in [0.25, 0.3) is 0 Å². The molecular weight excluding hydrogens is 256 g/mol. The van der Waals surface area contributed by atoms with Gasteiger partial charge in [0.05, 0.1) is 12.5 Å². The van der Waals surface area contributed by atoms with Crippen molar-refractivity contribution in [1.82, 2.24) is 5.32 Å². The van der Waals surface area contributed by atoms with Crippen molar-refractivity contribution in [2.24, 2.45) is 0 Å². The van der Waals surface area contributed by atoms with E-state index in [1.54, 1.807) is 19.1 Å². The number of carbonyl (C=O) groups is 2. The van der Waals surface area contributed by atoms with Gasteiger partial charge in [0.1, 0.15) is 0 Å². The second kappa shape index (κ2) is 8.19. The first-order chi connectivity index (χ1) is 9.54. The van der Waals surface area contributed by atoms with Crippen LogP contribution >= 0.6 is 0 Å². The van der Waals surface area contributed by atoms with E-state index in [2.05, 4.69) is 5.32 Å². The van der Waals surface area contributed by atoms with Crippen LogP contribution in [0.15, 0.2) is 24.3 Å². The summed E-state index contributed by atoms with van der Waals surface area (Å²) < 4.78 is 4.81.